The van der Waals surface area contributed by atoms with Crippen molar-refractivity contribution in [1.29, 1.82) is 0 Å². The molecule has 2 aliphatic rings. The van der Waals surface area contributed by atoms with E-state index in [0.717, 1.165) is 31.9 Å². The van der Waals surface area contributed by atoms with E-state index in [4.69, 9.17) is 9.15 Å². The minimum Gasteiger partial charge on any atom is -0.472 e. The van der Waals surface area contributed by atoms with Gasteiger partial charge in [0, 0.05) is 49.1 Å². The second-order valence-corrected chi connectivity index (χ2v) is 7.15. The summed E-state index contributed by atoms with van der Waals surface area (Å²) in [6.45, 7) is 4.61. The summed E-state index contributed by atoms with van der Waals surface area (Å²) in [5.74, 6) is 0.492. The summed E-state index contributed by atoms with van der Waals surface area (Å²) in [4.78, 5) is 19.2. The molecule has 0 bridgehead atoms. The summed E-state index contributed by atoms with van der Waals surface area (Å²) < 4.78 is 10.9. The van der Waals surface area contributed by atoms with Gasteiger partial charge in [-0.1, -0.05) is 6.07 Å². The molecular weight excluding hydrogens is 318 g/mol. The summed E-state index contributed by atoms with van der Waals surface area (Å²) in [6, 6.07) is 7.72. The minimum atomic E-state index is -0.0715. The summed E-state index contributed by atoms with van der Waals surface area (Å²) in [7, 11) is 0. The third-order valence-electron chi connectivity index (χ3n) is 5.28. The van der Waals surface area contributed by atoms with Gasteiger partial charge in [0.15, 0.2) is 0 Å². The van der Waals surface area contributed by atoms with E-state index in [1.807, 2.05) is 24.3 Å². The lowest BCUT2D eigenvalue weighted by Crippen LogP contribution is -2.37. The molecule has 2 fully saturated rings. The molecule has 2 atom stereocenters. The number of hydrogen-bond acceptors (Lipinski definition) is 5. The fraction of sp³-hybridized carbons (Fsp3) is 0.474. The van der Waals surface area contributed by atoms with Gasteiger partial charge in [-0.15, -0.1) is 0 Å². The van der Waals surface area contributed by atoms with Crippen LogP contribution in [-0.4, -0.2) is 42.1 Å². The van der Waals surface area contributed by atoms with E-state index in [2.05, 4.69) is 15.2 Å². The van der Waals surface area contributed by atoms with Gasteiger partial charge >= 0.3 is 0 Å². The van der Waals surface area contributed by atoms with E-state index in [1.54, 1.807) is 18.7 Å². The first-order chi connectivity index (χ1) is 12.2. The lowest BCUT2D eigenvalue weighted by atomic mass is 9.78. The van der Waals surface area contributed by atoms with E-state index >= 15 is 0 Å². The molecule has 25 heavy (non-hydrogen) atoms. The molecule has 0 unspecified atom stereocenters. The summed E-state index contributed by atoms with van der Waals surface area (Å²) in [5, 5.41) is 3.00. The van der Waals surface area contributed by atoms with E-state index < -0.39 is 0 Å². The lowest BCUT2D eigenvalue weighted by Gasteiger charge is -2.26. The largest absolute Gasteiger partial charge is 0.472 e. The van der Waals surface area contributed by atoms with Gasteiger partial charge in [0.25, 0.3) is 0 Å². The van der Waals surface area contributed by atoms with Gasteiger partial charge in [-0.25, -0.2) is 0 Å². The van der Waals surface area contributed by atoms with E-state index in [0.29, 0.717) is 25.5 Å². The first-order valence-corrected chi connectivity index (χ1v) is 8.71. The fourth-order valence-corrected chi connectivity index (χ4v) is 4.03. The van der Waals surface area contributed by atoms with Crippen LogP contribution in [0.5, 0.6) is 0 Å². The standard InChI is InChI=1S/C19H23N3O3/c23-18(21-8-17-3-1-2-5-20-17)7-19-13-22(9-15-4-6-24-11-15)10-16(19)12-25-14-19/h1-6,11,16H,7-10,12-14H2,(H,21,23)/t16-,19+/m1/s1. The number of ether oxygens (including phenoxy) is 1. The number of hydrogen-bond donors (Lipinski definition) is 1. The van der Waals surface area contributed by atoms with Crippen LogP contribution in [0.4, 0.5) is 0 Å². The quantitative estimate of drug-likeness (QED) is 0.868. The Balaban J connectivity index is 1.35. The van der Waals surface area contributed by atoms with Gasteiger partial charge < -0.3 is 14.5 Å². The van der Waals surface area contributed by atoms with Gasteiger partial charge in [0.05, 0.1) is 38.0 Å². The van der Waals surface area contributed by atoms with Gasteiger partial charge in [-0.2, -0.15) is 0 Å². The van der Waals surface area contributed by atoms with Gasteiger partial charge in [0.2, 0.25) is 5.91 Å². The first-order valence-electron chi connectivity index (χ1n) is 8.71. The van der Waals surface area contributed by atoms with E-state index in [9.17, 15) is 4.79 Å². The molecule has 132 valence electrons. The molecule has 1 N–H and O–H groups in total. The van der Waals surface area contributed by atoms with Crippen LogP contribution in [0, 0.1) is 11.3 Å². The number of furan rings is 1. The van der Waals surface area contributed by atoms with Crippen molar-refractivity contribution in [2.75, 3.05) is 26.3 Å². The maximum atomic E-state index is 12.5. The third kappa shape index (κ3) is 3.60. The number of pyridine rings is 1. The minimum absolute atomic E-state index is 0.0715. The lowest BCUT2D eigenvalue weighted by molar-refractivity contribution is -0.123. The fourth-order valence-electron chi connectivity index (χ4n) is 4.03. The molecule has 0 spiro atoms. The highest BCUT2D eigenvalue weighted by atomic mass is 16.5. The molecule has 0 aliphatic carbocycles. The van der Waals surface area contributed by atoms with Crippen molar-refractivity contribution in [3.05, 3.63) is 54.2 Å². The Morgan fingerprint density at radius 2 is 2.36 bits per heavy atom. The first kappa shape index (κ1) is 16.3. The molecular formula is C19H23N3O3. The van der Waals surface area contributed by atoms with Gasteiger partial charge in [0.1, 0.15) is 0 Å². The SMILES string of the molecule is O=C(C[C@]12COC[C@H]1CN(Cc1ccoc1)C2)NCc1ccccn1. The number of fused-ring (bicyclic) bond motifs is 1. The smallest absolute Gasteiger partial charge is 0.221 e. The molecule has 2 aromatic rings. The van der Waals surface area contributed by atoms with Crippen LogP contribution < -0.4 is 5.32 Å². The van der Waals surface area contributed by atoms with Crippen molar-refractivity contribution in [3.8, 4) is 0 Å². The Kier molecular flexibility index (Phi) is 4.55. The molecule has 4 heterocycles. The van der Waals surface area contributed by atoms with Crippen LogP contribution in [0.3, 0.4) is 0 Å². The normalized spacial score (nSPS) is 25.8. The monoisotopic (exact) mass is 341 g/mol. The van der Waals surface area contributed by atoms with Crippen molar-refractivity contribution >= 4 is 5.91 Å². The number of rotatable bonds is 6. The average Bonchev–Trinajstić information content (AvgIpc) is 3.31. The topological polar surface area (TPSA) is 67.6 Å². The Bertz CT molecular complexity index is 704. The summed E-state index contributed by atoms with van der Waals surface area (Å²) >= 11 is 0. The Morgan fingerprint density at radius 1 is 1.40 bits per heavy atom. The molecule has 6 heteroatoms. The predicted molar refractivity (Wildman–Crippen MR) is 91.4 cm³/mol. The number of nitrogens with zero attached hydrogens (tertiary/aromatic N) is 2. The van der Waals surface area contributed by atoms with Crippen molar-refractivity contribution < 1.29 is 13.9 Å². The highest BCUT2D eigenvalue weighted by molar-refractivity contribution is 5.76. The summed E-state index contributed by atoms with van der Waals surface area (Å²) in [6.07, 6.45) is 5.74. The molecule has 4 rings (SSSR count). The number of likely N-dealkylation sites (tertiary alicyclic amines) is 1. The highest BCUT2D eigenvalue weighted by Gasteiger charge is 2.51. The third-order valence-corrected chi connectivity index (χ3v) is 5.28. The second kappa shape index (κ2) is 6.98. The molecule has 2 saturated heterocycles. The van der Waals surface area contributed by atoms with Crippen LogP contribution in [0.1, 0.15) is 17.7 Å². The molecule has 2 aliphatic heterocycles. The number of amides is 1. The summed E-state index contributed by atoms with van der Waals surface area (Å²) in [5.41, 5.74) is 1.98. The zero-order valence-electron chi connectivity index (χ0n) is 14.2. The van der Waals surface area contributed by atoms with Crippen LogP contribution in [0.25, 0.3) is 0 Å². The molecule has 0 aromatic carbocycles. The van der Waals surface area contributed by atoms with Crippen molar-refractivity contribution in [1.82, 2.24) is 15.2 Å². The van der Waals surface area contributed by atoms with E-state index in [-0.39, 0.29) is 11.3 Å². The zero-order valence-corrected chi connectivity index (χ0v) is 14.2. The second-order valence-electron chi connectivity index (χ2n) is 7.15. The number of carbonyl (C=O) groups excluding carboxylic acids is 1. The van der Waals surface area contributed by atoms with Crippen LogP contribution in [-0.2, 0) is 22.6 Å². The Labute approximate surface area is 147 Å². The van der Waals surface area contributed by atoms with Crippen molar-refractivity contribution in [3.63, 3.8) is 0 Å². The number of carbonyl (C=O) groups is 1. The van der Waals surface area contributed by atoms with Crippen molar-refractivity contribution in [2.45, 2.75) is 19.5 Å². The molecule has 0 saturated carbocycles. The van der Waals surface area contributed by atoms with E-state index in [1.165, 1.54) is 5.56 Å². The molecule has 1 amide bonds. The number of nitrogens with one attached hydrogen (secondary N) is 1. The van der Waals surface area contributed by atoms with Crippen molar-refractivity contribution in [2.24, 2.45) is 11.3 Å². The predicted octanol–water partition coefficient (Wildman–Crippen LogP) is 1.83. The average molecular weight is 341 g/mol. The highest BCUT2D eigenvalue weighted by Crippen LogP contribution is 2.44. The maximum absolute atomic E-state index is 12.5. The van der Waals surface area contributed by atoms with Crippen LogP contribution in [0.2, 0.25) is 0 Å². The number of aromatic nitrogens is 1. The molecule has 6 nitrogen and oxygen atoms in total. The maximum Gasteiger partial charge on any atom is 0.221 e. The molecule has 2 aromatic heterocycles. The Hall–Kier alpha value is -2.18. The molecule has 0 radical (unpaired) electrons. The van der Waals surface area contributed by atoms with Crippen LogP contribution in [0.15, 0.2) is 47.4 Å². The Morgan fingerprint density at radius 3 is 3.16 bits per heavy atom. The van der Waals surface area contributed by atoms with Crippen LogP contribution >= 0.6 is 0 Å². The zero-order chi connectivity index (χ0) is 17.1. The van der Waals surface area contributed by atoms with Gasteiger partial charge in [-0.05, 0) is 18.2 Å². The van der Waals surface area contributed by atoms with Gasteiger partial charge in [-0.3, -0.25) is 14.7 Å².